The molecule has 7 heteroatoms. The molecule has 4 aromatic rings. The molecule has 0 aromatic heterocycles. The molecule has 0 saturated carbocycles. The van der Waals surface area contributed by atoms with Crippen LogP contribution in [0.25, 0.3) is 0 Å². The van der Waals surface area contributed by atoms with Gasteiger partial charge in [0.25, 0.3) is 10.0 Å². The summed E-state index contributed by atoms with van der Waals surface area (Å²) in [7, 11) is -3.90. The molecule has 0 aliphatic heterocycles. The number of nitrogens with zero attached hydrogens (tertiary/aromatic N) is 3. The van der Waals surface area contributed by atoms with Gasteiger partial charge in [0.1, 0.15) is 0 Å². The lowest BCUT2D eigenvalue weighted by molar-refractivity contribution is 0.598. The first-order chi connectivity index (χ1) is 16.0. The Kier molecular flexibility index (Phi) is 6.71. The normalized spacial score (nSPS) is 12.1. The summed E-state index contributed by atoms with van der Waals surface area (Å²) in [5.74, 6) is 0.231. The van der Waals surface area contributed by atoms with E-state index in [0.29, 0.717) is 16.9 Å². The first kappa shape index (κ1) is 22.1. The molecule has 0 spiro atoms. The summed E-state index contributed by atoms with van der Waals surface area (Å²) in [5, 5.41) is 11.6. The van der Waals surface area contributed by atoms with Crippen molar-refractivity contribution in [2.24, 2.45) is 14.6 Å². The zero-order valence-corrected chi connectivity index (χ0v) is 18.8. The van der Waals surface area contributed by atoms with Gasteiger partial charge in [-0.15, -0.1) is 4.40 Å². The van der Waals surface area contributed by atoms with Gasteiger partial charge in [0.2, 0.25) is 0 Å². The number of benzene rings is 4. The van der Waals surface area contributed by atoms with E-state index in [4.69, 9.17) is 0 Å². The van der Waals surface area contributed by atoms with E-state index in [2.05, 4.69) is 19.9 Å². The van der Waals surface area contributed by atoms with Crippen LogP contribution in [0.2, 0.25) is 0 Å². The highest BCUT2D eigenvalue weighted by molar-refractivity contribution is 7.90. The van der Waals surface area contributed by atoms with E-state index in [-0.39, 0.29) is 10.7 Å². The molecule has 0 unspecified atom stereocenters. The molecule has 0 amide bonds. The molecule has 0 atom stereocenters. The van der Waals surface area contributed by atoms with Gasteiger partial charge in [-0.3, -0.25) is 0 Å². The molecule has 6 nitrogen and oxygen atoms in total. The van der Waals surface area contributed by atoms with Crippen LogP contribution in [0.15, 0.2) is 129 Å². The fourth-order valence-electron chi connectivity index (χ4n) is 2.99. The Morgan fingerprint density at radius 3 is 1.82 bits per heavy atom. The second kappa shape index (κ2) is 10.0. The van der Waals surface area contributed by atoms with Gasteiger partial charge in [0.15, 0.2) is 5.84 Å². The minimum absolute atomic E-state index is 0.139. The summed E-state index contributed by atoms with van der Waals surface area (Å²) >= 11 is 0. The first-order valence-corrected chi connectivity index (χ1v) is 11.7. The highest BCUT2D eigenvalue weighted by Crippen LogP contribution is 2.21. The number of hydrogen-bond donors (Lipinski definition) is 1. The fraction of sp³-hybridized carbons (Fsp3) is 0.0385. The number of aryl methyl sites for hydroxylation is 1. The van der Waals surface area contributed by atoms with Gasteiger partial charge in [-0.2, -0.15) is 18.6 Å². The third-order valence-corrected chi connectivity index (χ3v) is 6.04. The van der Waals surface area contributed by atoms with Gasteiger partial charge >= 0.3 is 0 Å². The summed E-state index contributed by atoms with van der Waals surface area (Å²) in [6, 6.07) is 32.4. The van der Waals surface area contributed by atoms with Crippen molar-refractivity contribution in [2.75, 3.05) is 5.32 Å². The zero-order chi connectivity index (χ0) is 23.1. The predicted octanol–water partition coefficient (Wildman–Crippen LogP) is 6.66. The predicted molar refractivity (Wildman–Crippen MR) is 132 cm³/mol. The lowest BCUT2D eigenvalue weighted by atomic mass is 10.2. The van der Waals surface area contributed by atoms with E-state index < -0.39 is 10.0 Å². The molecule has 1 N–H and O–H groups in total. The van der Waals surface area contributed by atoms with Crippen LogP contribution >= 0.6 is 0 Å². The van der Waals surface area contributed by atoms with Crippen molar-refractivity contribution in [3.05, 3.63) is 120 Å². The van der Waals surface area contributed by atoms with E-state index in [1.54, 1.807) is 60.7 Å². The fourth-order valence-corrected chi connectivity index (χ4v) is 3.96. The Morgan fingerprint density at radius 1 is 0.667 bits per heavy atom. The van der Waals surface area contributed by atoms with E-state index in [1.165, 1.54) is 0 Å². The van der Waals surface area contributed by atoms with Crippen LogP contribution in [0.4, 0.5) is 17.1 Å². The van der Waals surface area contributed by atoms with E-state index in [9.17, 15) is 8.42 Å². The third-order valence-electron chi connectivity index (χ3n) is 4.74. The molecule has 0 saturated heterocycles. The van der Waals surface area contributed by atoms with Crippen LogP contribution in [0.1, 0.15) is 11.1 Å². The minimum Gasteiger partial charge on any atom is -0.339 e. The van der Waals surface area contributed by atoms with Crippen molar-refractivity contribution in [1.82, 2.24) is 0 Å². The molecule has 0 radical (unpaired) electrons. The topological polar surface area (TPSA) is 83.2 Å². The lowest BCUT2D eigenvalue weighted by Crippen LogP contribution is -2.16. The molecule has 0 aliphatic rings. The summed E-state index contributed by atoms with van der Waals surface area (Å²) < 4.78 is 30.0. The van der Waals surface area contributed by atoms with Crippen molar-refractivity contribution in [2.45, 2.75) is 11.8 Å². The van der Waals surface area contributed by atoms with Gasteiger partial charge in [0, 0.05) is 11.3 Å². The van der Waals surface area contributed by atoms with Crippen LogP contribution < -0.4 is 5.32 Å². The van der Waals surface area contributed by atoms with Crippen molar-refractivity contribution < 1.29 is 8.42 Å². The largest absolute Gasteiger partial charge is 0.339 e. The summed E-state index contributed by atoms with van der Waals surface area (Å²) in [6.45, 7) is 1.90. The Balaban J connectivity index is 1.60. The molecule has 164 valence electrons. The summed E-state index contributed by atoms with van der Waals surface area (Å²) in [4.78, 5) is 0.139. The number of sulfonamides is 1. The van der Waals surface area contributed by atoms with E-state index in [0.717, 1.165) is 11.3 Å². The second-order valence-corrected chi connectivity index (χ2v) is 8.91. The Bertz CT molecular complexity index is 1370. The average molecular weight is 455 g/mol. The Morgan fingerprint density at radius 2 is 1.21 bits per heavy atom. The molecule has 33 heavy (non-hydrogen) atoms. The van der Waals surface area contributed by atoms with Crippen LogP contribution in [0.5, 0.6) is 0 Å². The van der Waals surface area contributed by atoms with Gasteiger partial charge in [0.05, 0.1) is 16.3 Å². The SMILES string of the molecule is Cc1ccc(S(=O)(=O)/N=C(/Nc2ccc(N=Nc3ccccc3)cc2)c2ccccc2)cc1. The van der Waals surface area contributed by atoms with Crippen molar-refractivity contribution in [1.29, 1.82) is 0 Å². The van der Waals surface area contributed by atoms with Gasteiger partial charge in [-0.05, 0) is 55.5 Å². The molecular weight excluding hydrogens is 432 g/mol. The van der Waals surface area contributed by atoms with Gasteiger partial charge < -0.3 is 5.32 Å². The maximum atomic E-state index is 12.9. The lowest BCUT2D eigenvalue weighted by Gasteiger charge is -2.11. The molecule has 0 bridgehead atoms. The zero-order valence-electron chi connectivity index (χ0n) is 18.0. The standard InChI is InChI=1S/C26H22N4O2S/c1-20-12-18-25(19-13-20)33(31,32)30-26(21-8-4-2-5-9-21)27-22-14-16-24(17-15-22)29-28-23-10-6-3-7-11-23/h2-19H,1H3,(H,27,30). The summed E-state index contributed by atoms with van der Waals surface area (Å²) in [5.41, 5.74) is 3.75. The molecule has 4 aromatic carbocycles. The molecular formula is C26H22N4O2S. The van der Waals surface area contributed by atoms with E-state index in [1.807, 2.05) is 55.5 Å². The number of azo groups is 1. The van der Waals surface area contributed by atoms with Crippen LogP contribution in [0, 0.1) is 6.92 Å². The summed E-state index contributed by atoms with van der Waals surface area (Å²) in [6.07, 6.45) is 0. The molecule has 0 fully saturated rings. The molecule has 4 rings (SSSR count). The van der Waals surface area contributed by atoms with Crippen LogP contribution in [-0.2, 0) is 10.0 Å². The van der Waals surface area contributed by atoms with Crippen molar-refractivity contribution in [3.8, 4) is 0 Å². The Hall–Kier alpha value is -4.10. The first-order valence-electron chi connectivity index (χ1n) is 10.3. The number of amidine groups is 1. The van der Waals surface area contributed by atoms with Gasteiger partial charge in [-0.1, -0.05) is 66.2 Å². The number of rotatable bonds is 6. The third kappa shape index (κ3) is 5.99. The highest BCUT2D eigenvalue weighted by Gasteiger charge is 2.16. The number of anilines is 1. The van der Waals surface area contributed by atoms with Crippen LogP contribution in [0.3, 0.4) is 0 Å². The molecule has 0 aliphatic carbocycles. The number of hydrogen-bond acceptors (Lipinski definition) is 4. The van der Waals surface area contributed by atoms with Crippen molar-refractivity contribution in [3.63, 3.8) is 0 Å². The molecule has 0 heterocycles. The Labute approximate surface area is 193 Å². The van der Waals surface area contributed by atoms with Gasteiger partial charge in [-0.25, -0.2) is 0 Å². The van der Waals surface area contributed by atoms with Crippen molar-refractivity contribution >= 4 is 32.9 Å². The smallest absolute Gasteiger partial charge is 0.284 e. The monoisotopic (exact) mass is 454 g/mol. The second-order valence-electron chi connectivity index (χ2n) is 7.30. The van der Waals surface area contributed by atoms with E-state index >= 15 is 0 Å². The minimum atomic E-state index is -3.90. The highest BCUT2D eigenvalue weighted by atomic mass is 32.2. The van der Waals surface area contributed by atoms with Crippen LogP contribution in [-0.4, -0.2) is 14.3 Å². The quantitative estimate of drug-likeness (QED) is 0.201. The maximum Gasteiger partial charge on any atom is 0.284 e. The number of nitrogens with one attached hydrogen (secondary N) is 1. The maximum absolute atomic E-state index is 12.9. The average Bonchev–Trinajstić information content (AvgIpc) is 2.84.